The number of rotatable bonds is 5. The first-order valence-corrected chi connectivity index (χ1v) is 8.37. The summed E-state index contributed by atoms with van der Waals surface area (Å²) >= 11 is 0. The molecular weight excluding hydrogens is 296 g/mol. The third-order valence-corrected chi connectivity index (χ3v) is 5.27. The zero-order valence-corrected chi connectivity index (χ0v) is 14.2. The van der Waals surface area contributed by atoms with E-state index in [1.54, 1.807) is 14.2 Å². The van der Waals surface area contributed by atoms with E-state index >= 15 is 0 Å². The van der Waals surface area contributed by atoms with Gasteiger partial charge >= 0.3 is 0 Å². The molecule has 0 spiro atoms. The first-order chi connectivity index (χ1) is 11.8. The molecule has 3 aromatic carbocycles. The molecule has 0 bridgehead atoms. The molecule has 3 aromatic rings. The van der Waals surface area contributed by atoms with Crippen molar-refractivity contribution in [3.05, 3.63) is 83.4 Å². The maximum absolute atomic E-state index is 5.72. The van der Waals surface area contributed by atoms with Crippen molar-refractivity contribution in [3.8, 4) is 0 Å². The maximum Gasteiger partial charge on any atom is 0.0590 e. The predicted molar refractivity (Wildman–Crippen MR) is 97.7 cm³/mol. The molecule has 0 radical (unpaired) electrons. The van der Waals surface area contributed by atoms with E-state index in [9.17, 15) is 0 Å². The fourth-order valence-electron chi connectivity index (χ4n) is 4.50. The second-order valence-electron chi connectivity index (χ2n) is 6.62. The lowest BCUT2D eigenvalue weighted by Crippen LogP contribution is -2.40. The van der Waals surface area contributed by atoms with Gasteiger partial charge in [0.15, 0.2) is 0 Å². The molecule has 0 amide bonds. The zero-order valence-electron chi connectivity index (χ0n) is 14.2. The van der Waals surface area contributed by atoms with E-state index in [-0.39, 0.29) is 11.3 Å². The second kappa shape index (κ2) is 6.04. The van der Waals surface area contributed by atoms with Gasteiger partial charge in [-0.1, -0.05) is 66.7 Å². The van der Waals surface area contributed by atoms with Crippen LogP contribution in [-0.2, 0) is 14.9 Å². The molecule has 1 atom stereocenters. The Morgan fingerprint density at radius 3 is 2.12 bits per heavy atom. The van der Waals surface area contributed by atoms with E-state index in [1.807, 2.05) is 0 Å². The van der Waals surface area contributed by atoms with Gasteiger partial charge in [0.05, 0.1) is 18.6 Å². The lowest BCUT2D eigenvalue weighted by molar-refractivity contribution is 0.0537. The highest BCUT2D eigenvalue weighted by Gasteiger charge is 2.48. The van der Waals surface area contributed by atoms with E-state index in [0.29, 0.717) is 13.2 Å². The highest BCUT2D eigenvalue weighted by atomic mass is 16.5. The van der Waals surface area contributed by atoms with Crippen LogP contribution in [0, 0.1) is 0 Å². The minimum absolute atomic E-state index is 0.200. The van der Waals surface area contributed by atoms with Gasteiger partial charge in [0, 0.05) is 20.1 Å². The van der Waals surface area contributed by atoms with E-state index in [1.165, 1.54) is 27.5 Å². The SMILES string of the molecule is COCC1(COC)c2cccc3cccc(c23)C1c1ccccc1. The summed E-state index contributed by atoms with van der Waals surface area (Å²) in [5, 5.41) is 2.66. The zero-order chi connectivity index (χ0) is 16.6. The van der Waals surface area contributed by atoms with Crippen LogP contribution in [-0.4, -0.2) is 27.4 Å². The summed E-state index contributed by atoms with van der Waals surface area (Å²) in [7, 11) is 3.56. The molecule has 0 aromatic heterocycles. The van der Waals surface area contributed by atoms with Gasteiger partial charge in [0.1, 0.15) is 0 Å². The Hall–Kier alpha value is -2.16. The number of hydrogen-bond acceptors (Lipinski definition) is 2. The lowest BCUT2D eigenvalue weighted by Gasteiger charge is -2.36. The highest BCUT2D eigenvalue weighted by Crippen LogP contribution is 2.54. The van der Waals surface area contributed by atoms with Crippen LogP contribution in [0.5, 0.6) is 0 Å². The van der Waals surface area contributed by atoms with E-state index in [2.05, 4.69) is 66.7 Å². The molecule has 1 unspecified atom stereocenters. The van der Waals surface area contributed by atoms with Gasteiger partial charge in [-0.3, -0.25) is 0 Å². The average Bonchev–Trinajstić information content (AvgIpc) is 2.89. The number of ether oxygens (including phenoxy) is 2. The number of hydrogen-bond donors (Lipinski definition) is 0. The van der Waals surface area contributed by atoms with Crippen LogP contribution in [0.15, 0.2) is 66.7 Å². The van der Waals surface area contributed by atoms with Crippen LogP contribution in [0.3, 0.4) is 0 Å². The lowest BCUT2D eigenvalue weighted by atomic mass is 9.71. The Bertz CT molecular complexity index is 843. The van der Waals surface area contributed by atoms with Crippen LogP contribution >= 0.6 is 0 Å². The summed E-state index contributed by atoms with van der Waals surface area (Å²) in [5.74, 6) is 0.236. The molecule has 2 nitrogen and oxygen atoms in total. The summed E-state index contributed by atoms with van der Waals surface area (Å²) in [5.41, 5.74) is 3.83. The summed E-state index contributed by atoms with van der Waals surface area (Å²) in [6.07, 6.45) is 0. The Morgan fingerprint density at radius 1 is 0.792 bits per heavy atom. The fourth-order valence-corrected chi connectivity index (χ4v) is 4.50. The van der Waals surface area contributed by atoms with Gasteiger partial charge in [0.25, 0.3) is 0 Å². The Morgan fingerprint density at radius 2 is 1.46 bits per heavy atom. The Balaban J connectivity index is 2.05. The van der Waals surface area contributed by atoms with Crippen molar-refractivity contribution in [2.75, 3.05) is 27.4 Å². The average molecular weight is 318 g/mol. The molecule has 2 heteroatoms. The number of benzene rings is 3. The van der Waals surface area contributed by atoms with Gasteiger partial charge < -0.3 is 9.47 Å². The summed E-state index contributed by atoms with van der Waals surface area (Å²) in [6, 6.07) is 23.9. The van der Waals surface area contributed by atoms with Crippen molar-refractivity contribution in [2.24, 2.45) is 0 Å². The highest BCUT2D eigenvalue weighted by molar-refractivity contribution is 5.94. The predicted octanol–water partition coefficient (Wildman–Crippen LogP) is 4.52. The monoisotopic (exact) mass is 318 g/mol. The standard InChI is InChI=1S/C22H22O2/c1-23-14-22(15-24-2)19-13-7-11-16-10-6-12-18(20(16)19)21(22)17-8-4-3-5-9-17/h3-13,21H,14-15H2,1-2H3. The molecule has 0 heterocycles. The molecule has 4 rings (SSSR count). The topological polar surface area (TPSA) is 18.5 Å². The van der Waals surface area contributed by atoms with Gasteiger partial charge in [0.2, 0.25) is 0 Å². The minimum atomic E-state index is -0.200. The van der Waals surface area contributed by atoms with Crippen molar-refractivity contribution in [1.82, 2.24) is 0 Å². The van der Waals surface area contributed by atoms with Crippen molar-refractivity contribution in [2.45, 2.75) is 11.3 Å². The maximum atomic E-state index is 5.72. The molecule has 0 saturated carbocycles. The summed E-state index contributed by atoms with van der Waals surface area (Å²) in [4.78, 5) is 0. The van der Waals surface area contributed by atoms with Crippen LogP contribution < -0.4 is 0 Å². The van der Waals surface area contributed by atoms with Crippen molar-refractivity contribution < 1.29 is 9.47 Å². The Labute approximate surface area is 143 Å². The minimum Gasteiger partial charge on any atom is -0.384 e. The van der Waals surface area contributed by atoms with Gasteiger partial charge in [-0.2, -0.15) is 0 Å². The van der Waals surface area contributed by atoms with Gasteiger partial charge in [-0.15, -0.1) is 0 Å². The van der Waals surface area contributed by atoms with E-state index in [0.717, 1.165) is 0 Å². The largest absolute Gasteiger partial charge is 0.384 e. The fraction of sp³-hybridized carbons (Fsp3) is 0.273. The van der Waals surface area contributed by atoms with Gasteiger partial charge in [-0.05, 0) is 27.5 Å². The molecule has 1 aliphatic rings. The first kappa shape index (κ1) is 15.4. The van der Waals surface area contributed by atoms with Crippen molar-refractivity contribution in [3.63, 3.8) is 0 Å². The van der Waals surface area contributed by atoms with E-state index < -0.39 is 0 Å². The quantitative estimate of drug-likeness (QED) is 0.689. The number of methoxy groups -OCH3 is 2. The second-order valence-corrected chi connectivity index (χ2v) is 6.62. The smallest absolute Gasteiger partial charge is 0.0590 e. The van der Waals surface area contributed by atoms with Gasteiger partial charge in [-0.25, -0.2) is 0 Å². The third-order valence-electron chi connectivity index (χ3n) is 5.27. The van der Waals surface area contributed by atoms with Crippen LogP contribution in [0.2, 0.25) is 0 Å². The van der Waals surface area contributed by atoms with Crippen molar-refractivity contribution in [1.29, 1.82) is 0 Å². The Kier molecular flexibility index (Phi) is 3.87. The molecule has 24 heavy (non-hydrogen) atoms. The molecule has 0 N–H and O–H groups in total. The summed E-state index contributed by atoms with van der Waals surface area (Å²) in [6.45, 7) is 1.27. The molecule has 0 fully saturated rings. The van der Waals surface area contributed by atoms with Crippen LogP contribution in [0.25, 0.3) is 10.8 Å². The molecule has 0 aliphatic heterocycles. The van der Waals surface area contributed by atoms with E-state index in [4.69, 9.17) is 9.47 Å². The molecule has 0 saturated heterocycles. The first-order valence-electron chi connectivity index (χ1n) is 8.37. The molecule has 1 aliphatic carbocycles. The molecule has 122 valence electrons. The normalized spacial score (nSPS) is 18.2. The third kappa shape index (κ3) is 2.10. The molecular formula is C22H22O2. The van der Waals surface area contributed by atoms with Crippen LogP contribution in [0.4, 0.5) is 0 Å². The summed E-state index contributed by atoms with van der Waals surface area (Å²) < 4.78 is 11.4. The van der Waals surface area contributed by atoms with Crippen molar-refractivity contribution >= 4 is 10.8 Å². The van der Waals surface area contributed by atoms with Crippen LogP contribution in [0.1, 0.15) is 22.6 Å².